The Balaban J connectivity index is 1.83. The van der Waals surface area contributed by atoms with Gasteiger partial charge in [-0.3, -0.25) is 4.79 Å². The molecule has 3 aromatic rings. The van der Waals surface area contributed by atoms with E-state index in [9.17, 15) is 4.79 Å². The number of H-pyrrole nitrogens is 1. The average Bonchev–Trinajstić information content (AvgIpc) is 2.72. The maximum atomic E-state index is 12.8. The largest absolute Gasteiger partial charge is 0.356 e. The van der Waals surface area contributed by atoms with Crippen LogP contribution in [0.3, 0.4) is 0 Å². The monoisotopic (exact) mass is 423 g/mol. The van der Waals surface area contributed by atoms with Crippen molar-refractivity contribution in [3.63, 3.8) is 0 Å². The highest BCUT2D eigenvalue weighted by Gasteiger charge is 2.17. The number of aryl methyl sites for hydroxylation is 1. The number of hydrogen-bond acceptors (Lipinski definition) is 2. The molecule has 6 heteroatoms. The van der Waals surface area contributed by atoms with E-state index >= 15 is 0 Å². The second-order valence-corrected chi connectivity index (χ2v) is 8.51. The summed E-state index contributed by atoms with van der Waals surface area (Å²) in [6.07, 6.45) is 0. The van der Waals surface area contributed by atoms with Gasteiger partial charge in [-0.2, -0.15) is 0 Å². The number of fused-ring (bicyclic) bond motifs is 1. The van der Waals surface area contributed by atoms with Gasteiger partial charge in [-0.25, -0.2) is 0 Å². The summed E-state index contributed by atoms with van der Waals surface area (Å²) in [5, 5.41) is 5.15. The number of hydrogen-bond donors (Lipinski definition) is 3. The number of aromatic nitrogens is 1. The summed E-state index contributed by atoms with van der Waals surface area (Å²) in [6.45, 7) is 6.27. The standard InChI is InChI=1S/C24H30N4OS/c1-17-9-8-12-20-15-21(23(29)26-22(17)20)16-28(14-13-27(3)4)24(30)25-18(2)19-10-6-5-7-11-19/h5-12,15,18H,13-14,16H2,1-4H3,(H,25,30)(H,26,29)/p+1/t18-/m1/s1. The van der Waals surface area contributed by atoms with Crippen LogP contribution < -0.4 is 15.8 Å². The zero-order valence-corrected chi connectivity index (χ0v) is 19.0. The minimum atomic E-state index is -0.0575. The van der Waals surface area contributed by atoms with Crippen molar-refractivity contribution in [3.8, 4) is 0 Å². The molecule has 0 saturated heterocycles. The SMILES string of the molecule is Cc1cccc2cc(CN(CC[NH+](C)C)C(=S)N[C@H](C)c3ccccc3)c(=O)[nH]c12. The van der Waals surface area contributed by atoms with Crippen molar-refractivity contribution in [2.75, 3.05) is 27.2 Å². The highest BCUT2D eigenvalue weighted by Crippen LogP contribution is 2.16. The topological polar surface area (TPSA) is 52.6 Å². The van der Waals surface area contributed by atoms with Gasteiger partial charge in [0.1, 0.15) is 0 Å². The fourth-order valence-corrected chi connectivity index (χ4v) is 3.80. The van der Waals surface area contributed by atoms with E-state index in [0.29, 0.717) is 11.7 Å². The normalized spacial score (nSPS) is 12.2. The molecular weight excluding hydrogens is 392 g/mol. The molecule has 3 rings (SSSR count). The molecule has 0 unspecified atom stereocenters. The van der Waals surface area contributed by atoms with E-state index in [1.54, 1.807) is 0 Å². The Bertz CT molecular complexity index is 1060. The molecule has 0 aliphatic heterocycles. The molecule has 0 spiro atoms. The van der Waals surface area contributed by atoms with E-state index in [4.69, 9.17) is 12.2 Å². The number of nitrogens with one attached hydrogen (secondary N) is 3. The average molecular weight is 424 g/mol. The molecule has 1 atom stereocenters. The van der Waals surface area contributed by atoms with Gasteiger partial charge in [0.05, 0.1) is 45.3 Å². The Hall–Kier alpha value is -2.70. The molecule has 158 valence electrons. The third-order valence-corrected chi connectivity index (χ3v) is 5.71. The number of rotatable bonds is 7. The zero-order chi connectivity index (χ0) is 21.7. The molecule has 0 radical (unpaired) electrons. The quantitative estimate of drug-likeness (QED) is 0.511. The second kappa shape index (κ2) is 9.87. The molecule has 1 aromatic heterocycles. The molecule has 0 amide bonds. The number of benzene rings is 2. The van der Waals surface area contributed by atoms with Crippen LogP contribution >= 0.6 is 12.2 Å². The summed E-state index contributed by atoms with van der Waals surface area (Å²) in [5.74, 6) is 0. The predicted octanol–water partition coefficient (Wildman–Crippen LogP) is 2.42. The molecule has 2 aromatic carbocycles. The lowest BCUT2D eigenvalue weighted by Gasteiger charge is -2.28. The first-order valence-electron chi connectivity index (χ1n) is 10.4. The lowest BCUT2D eigenvalue weighted by molar-refractivity contribution is -0.857. The number of pyridine rings is 1. The molecule has 0 saturated carbocycles. The first kappa shape index (κ1) is 22.0. The van der Waals surface area contributed by atoms with E-state index in [2.05, 4.69) is 48.4 Å². The van der Waals surface area contributed by atoms with Crippen LogP contribution in [-0.4, -0.2) is 42.2 Å². The molecule has 30 heavy (non-hydrogen) atoms. The number of nitrogens with zero attached hydrogens (tertiary/aromatic N) is 1. The number of quaternary nitrogens is 1. The maximum Gasteiger partial charge on any atom is 0.253 e. The molecule has 3 N–H and O–H groups in total. The Morgan fingerprint density at radius 3 is 2.60 bits per heavy atom. The second-order valence-electron chi connectivity index (χ2n) is 8.12. The third kappa shape index (κ3) is 5.46. The van der Waals surface area contributed by atoms with Crippen molar-refractivity contribution in [1.82, 2.24) is 15.2 Å². The number of likely N-dealkylation sites (N-methyl/N-ethyl adjacent to an activating group) is 1. The van der Waals surface area contributed by atoms with Crippen molar-refractivity contribution in [1.29, 1.82) is 0 Å². The van der Waals surface area contributed by atoms with Crippen molar-refractivity contribution in [3.05, 3.63) is 81.6 Å². The lowest BCUT2D eigenvalue weighted by atomic mass is 10.1. The Morgan fingerprint density at radius 1 is 1.17 bits per heavy atom. The highest BCUT2D eigenvalue weighted by molar-refractivity contribution is 7.80. The van der Waals surface area contributed by atoms with Crippen LogP contribution in [0.1, 0.15) is 29.7 Å². The fraction of sp³-hybridized carbons (Fsp3) is 0.333. The van der Waals surface area contributed by atoms with Gasteiger partial charge in [0.2, 0.25) is 0 Å². The minimum Gasteiger partial charge on any atom is -0.356 e. The van der Waals surface area contributed by atoms with Crippen molar-refractivity contribution in [2.24, 2.45) is 0 Å². The van der Waals surface area contributed by atoms with Gasteiger partial charge in [0.15, 0.2) is 5.11 Å². The van der Waals surface area contributed by atoms with E-state index < -0.39 is 0 Å². The molecule has 0 fully saturated rings. The molecule has 0 aliphatic rings. The fourth-order valence-electron chi connectivity index (χ4n) is 3.46. The summed E-state index contributed by atoms with van der Waals surface area (Å²) in [5.41, 5.74) is 3.81. The van der Waals surface area contributed by atoms with Gasteiger partial charge >= 0.3 is 0 Å². The van der Waals surface area contributed by atoms with Gasteiger partial charge in [-0.15, -0.1) is 0 Å². The summed E-state index contributed by atoms with van der Waals surface area (Å²) in [7, 11) is 4.24. The van der Waals surface area contributed by atoms with Crippen molar-refractivity contribution < 1.29 is 4.90 Å². The van der Waals surface area contributed by atoms with E-state index in [1.165, 1.54) is 10.5 Å². The minimum absolute atomic E-state index is 0.0575. The summed E-state index contributed by atoms with van der Waals surface area (Å²) in [4.78, 5) is 19.3. The van der Waals surface area contributed by atoms with Crippen LogP contribution in [0.15, 0.2) is 59.4 Å². The van der Waals surface area contributed by atoms with Crippen molar-refractivity contribution in [2.45, 2.75) is 26.4 Å². The van der Waals surface area contributed by atoms with Crippen LogP contribution in [-0.2, 0) is 6.54 Å². The molecule has 5 nitrogen and oxygen atoms in total. The lowest BCUT2D eigenvalue weighted by Crippen LogP contribution is -3.06. The molecular formula is C24H31N4OS+. The first-order chi connectivity index (χ1) is 14.3. The summed E-state index contributed by atoms with van der Waals surface area (Å²) in [6, 6.07) is 18.4. The van der Waals surface area contributed by atoms with E-state index in [0.717, 1.165) is 35.1 Å². The van der Waals surface area contributed by atoms with E-state index in [-0.39, 0.29) is 11.6 Å². The van der Waals surface area contributed by atoms with Crippen molar-refractivity contribution >= 4 is 28.2 Å². The van der Waals surface area contributed by atoms with E-state index in [1.807, 2.05) is 49.4 Å². The molecule has 1 heterocycles. The Morgan fingerprint density at radius 2 is 1.90 bits per heavy atom. The van der Waals surface area contributed by atoms with Gasteiger partial charge in [-0.1, -0.05) is 48.5 Å². The van der Waals surface area contributed by atoms with Gasteiger partial charge in [0, 0.05) is 5.56 Å². The number of aromatic amines is 1. The van der Waals surface area contributed by atoms with Crippen LogP contribution in [0.25, 0.3) is 10.9 Å². The Labute approximate surface area is 183 Å². The van der Waals surface area contributed by atoms with Crippen LogP contribution in [0.5, 0.6) is 0 Å². The summed E-state index contributed by atoms with van der Waals surface area (Å²) >= 11 is 5.76. The smallest absolute Gasteiger partial charge is 0.253 e. The predicted molar refractivity (Wildman–Crippen MR) is 128 cm³/mol. The number of para-hydroxylation sites is 1. The third-order valence-electron chi connectivity index (χ3n) is 5.33. The van der Waals surface area contributed by atoms with Crippen LogP contribution in [0.2, 0.25) is 0 Å². The van der Waals surface area contributed by atoms with Gasteiger partial charge in [0.25, 0.3) is 5.56 Å². The summed E-state index contributed by atoms with van der Waals surface area (Å²) < 4.78 is 0. The zero-order valence-electron chi connectivity index (χ0n) is 18.2. The maximum absolute atomic E-state index is 12.8. The number of thiocarbonyl (C=S) groups is 1. The highest BCUT2D eigenvalue weighted by atomic mass is 32.1. The molecule has 0 aliphatic carbocycles. The van der Waals surface area contributed by atoms with Gasteiger partial charge < -0.3 is 20.1 Å². The Kier molecular flexibility index (Phi) is 7.24. The van der Waals surface area contributed by atoms with Crippen LogP contribution in [0.4, 0.5) is 0 Å². The first-order valence-corrected chi connectivity index (χ1v) is 10.8. The molecule has 0 bridgehead atoms. The van der Waals surface area contributed by atoms with Crippen LogP contribution in [0, 0.1) is 6.92 Å². The van der Waals surface area contributed by atoms with Gasteiger partial charge in [-0.05, 0) is 48.6 Å².